The Kier molecular flexibility index (Phi) is 8.23. The number of carbonyl (C=O) groups excluding carboxylic acids is 1. The predicted octanol–water partition coefficient (Wildman–Crippen LogP) is 4.63. The summed E-state index contributed by atoms with van der Waals surface area (Å²) in [6.07, 6.45) is 3.19. The lowest BCUT2D eigenvalue weighted by atomic mass is 10.2. The Morgan fingerprint density at radius 3 is 2.61 bits per heavy atom. The van der Waals surface area contributed by atoms with Gasteiger partial charge in [-0.1, -0.05) is 37.7 Å². The third kappa shape index (κ3) is 6.73. The molecule has 0 atom stereocenters. The standard InChI is InChI=1S/C18H23F3N4OS2/c1-12(2)11-25-15(23-24-17(25)27-3)9-6-10-22-16(26)13-7-4-5-8-14(13)28-18(19,20)21/h4-5,7-8,12H,6,9-11H2,1-3H3,(H,22,26). The summed E-state index contributed by atoms with van der Waals surface area (Å²) in [5.74, 6) is 0.782. The Hall–Kier alpha value is -1.68. The Labute approximate surface area is 170 Å². The number of nitrogens with zero attached hydrogens (tertiary/aromatic N) is 3. The summed E-state index contributed by atoms with van der Waals surface area (Å²) in [6.45, 7) is 5.38. The number of rotatable bonds is 9. The minimum Gasteiger partial charge on any atom is -0.352 e. The van der Waals surface area contributed by atoms with E-state index in [4.69, 9.17) is 0 Å². The Balaban J connectivity index is 1.93. The maximum atomic E-state index is 12.7. The van der Waals surface area contributed by atoms with Crippen LogP contribution in [0.2, 0.25) is 0 Å². The van der Waals surface area contributed by atoms with Gasteiger partial charge in [0.15, 0.2) is 5.16 Å². The van der Waals surface area contributed by atoms with Gasteiger partial charge >= 0.3 is 5.51 Å². The number of amides is 1. The molecule has 0 spiro atoms. The maximum absolute atomic E-state index is 12.7. The molecule has 1 heterocycles. The number of nitrogens with one attached hydrogen (secondary N) is 1. The summed E-state index contributed by atoms with van der Waals surface area (Å²) in [6, 6.07) is 5.72. The van der Waals surface area contributed by atoms with Crippen molar-refractivity contribution >= 4 is 29.4 Å². The Morgan fingerprint density at radius 2 is 1.96 bits per heavy atom. The molecule has 28 heavy (non-hydrogen) atoms. The molecule has 0 unspecified atom stereocenters. The average molecular weight is 433 g/mol. The first-order valence-corrected chi connectivity index (χ1v) is 10.8. The Morgan fingerprint density at radius 1 is 1.25 bits per heavy atom. The molecule has 5 nitrogen and oxygen atoms in total. The second kappa shape index (κ2) is 10.2. The van der Waals surface area contributed by atoms with E-state index in [0.29, 0.717) is 25.3 Å². The van der Waals surface area contributed by atoms with E-state index in [1.165, 1.54) is 30.0 Å². The minimum atomic E-state index is -4.44. The van der Waals surface area contributed by atoms with E-state index in [1.54, 1.807) is 6.07 Å². The lowest BCUT2D eigenvalue weighted by Crippen LogP contribution is -2.25. The first-order valence-electron chi connectivity index (χ1n) is 8.80. The summed E-state index contributed by atoms with van der Waals surface area (Å²) in [7, 11) is 0. The summed E-state index contributed by atoms with van der Waals surface area (Å²) in [5.41, 5.74) is -4.41. The van der Waals surface area contributed by atoms with Crippen molar-refractivity contribution in [1.82, 2.24) is 20.1 Å². The van der Waals surface area contributed by atoms with E-state index in [2.05, 4.69) is 33.9 Å². The van der Waals surface area contributed by atoms with Gasteiger partial charge in [0.2, 0.25) is 0 Å². The number of alkyl halides is 3. The lowest BCUT2D eigenvalue weighted by Gasteiger charge is -2.12. The SMILES string of the molecule is CSc1nnc(CCCNC(=O)c2ccccc2SC(F)(F)F)n1CC(C)C. The molecule has 1 amide bonds. The summed E-state index contributed by atoms with van der Waals surface area (Å²) in [4.78, 5) is 12.2. The molecule has 0 fully saturated rings. The number of hydrogen-bond donors (Lipinski definition) is 1. The molecular formula is C18H23F3N4OS2. The molecule has 0 aliphatic heterocycles. The normalized spacial score (nSPS) is 11.8. The van der Waals surface area contributed by atoms with Gasteiger partial charge in [0, 0.05) is 24.4 Å². The van der Waals surface area contributed by atoms with Crippen LogP contribution in [0.5, 0.6) is 0 Å². The molecule has 1 aromatic heterocycles. The van der Waals surface area contributed by atoms with Crippen molar-refractivity contribution in [2.24, 2.45) is 5.92 Å². The van der Waals surface area contributed by atoms with Crippen molar-refractivity contribution in [2.75, 3.05) is 12.8 Å². The molecular weight excluding hydrogens is 409 g/mol. The van der Waals surface area contributed by atoms with Gasteiger partial charge in [0.1, 0.15) is 5.82 Å². The molecule has 1 aromatic carbocycles. The van der Waals surface area contributed by atoms with Crippen LogP contribution in [0.4, 0.5) is 13.2 Å². The summed E-state index contributed by atoms with van der Waals surface area (Å²) >= 11 is 1.25. The zero-order valence-electron chi connectivity index (χ0n) is 15.9. The van der Waals surface area contributed by atoms with Gasteiger partial charge in [-0.05, 0) is 42.5 Å². The zero-order chi connectivity index (χ0) is 20.7. The molecule has 2 rings (SSSR count). The topological polar surface area (TPSA) is 59.8 Å². The third-order valence-electron chi connectivity index (χ3n) is 3.74. The van der Waals surface area contributed by atoms with Gasteiger partial charge < -0.3 is 9.88 Å². The molecule has 0 bridgehead atoms. The molecule has 1 N–H and O–H groups in total. The molecule has 10 heteroatoms. The van der Waals surface area contributed by atoms with Crippen LogP contribution in [0.25, 0.3) is 0 Å². The third-order valence-corrected chi connectivity index (χ3v) is 5.22. The van der Waals surface area contributed by atoms with Crippen molar-refractivity contribution in [3.63, 3.8) is 0 Å². The predicted molar refractivity (Wildman–Crippen MR) is 106 cm³/mol. The summed E-state index contributed by atoms with van der Waals surface area (Å²) < 4.78 is 40.0. The smallest absolute Gasteiger partial charge is 0.352 e. The van der Waals surface area contributed by atoms with Gasteiger partial charge in [0.25, 0.3) is 5.91 Å². The van der Waals surface area contributed by atoms with Crippen molar-refractivity contribution in [1.29, 1.82) is 0 Å². The lowest BCUT2D eigenvalue weighted by molar-refractivity contribution is -0.0328. The fourth-order valence-electron chi connectivity index (χ4n) is 2.62. The van der Waals surface area contributed by atoms with Gasteiger partial charge in [0.05, 0.1) is 5.56 Å². The molecule has 0 aliphatic rings. The minimum absolute atomic E-state index is 0.0254. The highest BCUT2D eigenvalue weighted by Crippen LogP contribution is 2.38. The van der Waals surface area contributed by atoms with Gasteiger partial charge in [-0.25, -0.2) is 0 Å². The number of benzene rings is 1. The first-order chi connectivity index (χ1) is 13.2. The van der Waals surface area contributed by atoms with Crippen LogP contribution in [0.1, 0.15) is 36.5 Å². The highest BCUT2D eigenvalue weighted by atomic mass is 32.2. The quantitative estimate of drug-likeness (QED) is 0.462. The number of carbonyl (C=O) groups is 1. The van der Waals surface area contributed by atoms with Crippen LogP contribution >= 0.6 is 23.5 Å². The van der Waals surface area contributed by atoms with Crippen LogP contribution in [0, 0.1) is 5.92 Å². The van der Waals surface area contributed by atoms with E-state index < -0.39 is 11.4 Å². The first kappa shape index (κ1) is 22.6. The highest BCUT2D eigenvalue weighted by molar-refractivity contribution is 8.00. The Bertz CT molecular complexity index is 793. The molecule has 0 aliphatic carbocycles. The largest absolute Gasteiger partial charge is 0.446 e. The number of hydrogen-bond acceptors (Lipinski definition) is 5. The number of thioether (sulfide) groups is 2. The number of halogens is 3. The molecule has 0 saturated carbocycles. The van der Waals surface area contributed by atoms with Gasteiger partial charge in [-0.15, -0.1) is 10.2 Å². The van der Waals surface area contributed by atoms with Crippen LogP contribution in [0.15, 0.2) is 34.3 Å². The van der Waals surface area contributed by atoms with Crippen LogP contribution < -0.4 is 5.32 Å². The fraction of sp³-hybridized carbons (Fsp3) is 0.500. The van der Waals surface area contributed by atoms with Crippen LogP contribution in [-0.4, -0.2) is 39.0 Å². The second-order valence-corrected chi connectivity index (χ2v) is 8.39. The van der Waals surface area contributed by atoms with E-state index in [9.17, 15) is 18.0 Å². The van der Waals surface area contributed by atoms with E-state index in [1.807, 2.05) is 6.26 Å². The van der Waals surface area contributed by atoms with Gasteiger partial charge in [-0.2, -0.15) is 13.2 Å². The zero-order valence-corrected chi connectivity index (χ0v) is 17.5. The molecule has 154 valence electrons. The van der Waals surface area contributed by atoms with E-state index in [-0.39, 0.29) is 22.2 Å². The van der Waals surface area contributed by atoms with Gasteiger partial charge in [-0.3, -0.25) is 4.79 Å². The summed E-state index contributed by atoms with van der Waals surface area (Å²) in [5, 5.41) is 11.9. The highest BCUT2D eigenvalue weighted by Gasteiger charge is 2.31. The van der Waals surface area contributed by atoms with Crippen LogP contribution in [0.3, 0.4) is 0 Å². The molecule has 0 saturated heterocycles. The average Bonchev–Trinajstić information content (AvgIpc) is 2.98. The van der Waals surface area contributed by atoms with Crippen molar-refractivity contribution in [2.45, 2.75) is 48.8 Å². The number of aromatic nitrogens is 3. The van der Waals surface area contributed by atoms with E-state index in [0.717, 1.165) is 17.5 Å². The van der Waals surface area contributed by atoms with E-state index >= 15 is 0 Å². The molecule has 0 radical (unpaired) electrons. The fourth-order valence-corrected chi connectivity index (χ4v) is 3.80. The molecule has 2 aromatic rings. The van der Waals surface area contributed by atoms with Crippen molar-refractivity contribution in [3.8, 4) is 0 Å². The maximum Gasteiger partial charge on any atom is 0.446 e. The van der Waals surface area contributed by atoms with Crippen LogP contribution in [-0.2, 0) is 13.0 Å². The second-order valence-electron chi connectivity index (χ2n) is 6.51. The number of aryl methyl sites for hydroxylation is 1. The monoisotopic (exact) mass is 432 g/mol. The van der Waals surface area contributed by atoms with Crippen molar-refractivity contribution in [3.05, 3.63) is 35.7 Å². The van der Waals surface area contributed by atoms with Crippen molar-refractivity contribution < 1.29 is 18.0 Å².